The van der Waals surface area contributed by atoms with Crippen molar-refractivity contribution in [2.24, 2.45) is 5.73 Å². The van der Waals surface area contributed by atoms with E-state index in [1.807, 2.05) is 0 Å². The fourth-order valence-corrected chi connectivity index (χ4v) is 3.23. The summed E-state index contributed by atoms with van der Waals surface area (Å²) < 4.78 is 7.26. The number of fused-ring (bicyclic) bond motifs is 1. The second-order valence-corrected chi connectivity index (χ2v) is 7.11. The third-order valence-corrected chi connectivity index (χ3v) is 4.83. The molecule has 3 rings (SSSR count). The van der Waals surface area contributed by atoms with Gasteiger partial charge in [0.15, 0.2) is 11.9 Å². The van der Waals surface area contributed by atoms with Gasteiger partial charge in [-0.25, -0.2) is 9.97 Å². The van der Waals surface area contributed by atoms with E-state index >= 15 is 0 Å². The van der Waals surface area contributed by atoms with Crippen LogP contribution in [0.25, 0.3) is 11.2 Å². The molecule has 1 amide bonds. The van der Waals surface area contributed by atoms with E-state index in [0.29, 0.717) is 48.1 Å². The molecule has 4 atom stereocenters. The Morgan fingerprint density at radius 3 is 2.90 bits per heavy atom. The Morgan fingerprint density at radius 2 is 2.21 bits per heavy atom. The Labute approximate surface area is 171 Å². The fourth-order valence-electron chi connectivity index (χ4n) is 2.98. The van der Waals surface area contributed by atoms with Crippen molar-refractivity contribution in [3.05, 3.63) is 6.33 Å². The molecule has 29 heavy (non-hydrogen) atoms. The van der Waals surface area contributed by atoms with E-state index in [1.54, 1.807) is 4.57 Å². The zero-order valence-corrected chi connectivity index (χ0v) is 16.5. The first-order chi connectivity index (χ1) is 13.9. The average Bonchev–Trinajstić information content (AvgIpc) is 3.30. The minimum atomic E-state index is -0.931. The van der Waals surface area contributed by atoms with Gasteiger partial charge < -0.3 is 36.4 Å². The van der Waals surface area contributed by atoms with E-state index in [4.69, 9.17) is 15.6 Å². The van der Waals surface area contributed by atoms with Crippen LogP contribution >= 0.6 is 12.6 Å². The Balaban J connectivity index is 1.64. The topological polar surface area (TPSA) is 181 Å². The monoisotopic (exact) mass is 427 g/mol. The Kier molecular flexibility index (Phi) is 7.21. The van der Waals surface area contributed by atoms with Crippen molar-refractivity contribution in [3.63, 3.8) is 0 Å². The van der Waals surface area contributed by atoms with E-state index < -0.39 is 37.0 Å². The number of aromatic nitrogens is 4. The molecule has 1 fully saturated rings. The van der Waals surface area contributed by atoms with E-state index in [1.165, 1.54) is 6.33 Å². The van der Waals surface area contributed by atoms with Crippen molar-refractivity contribution < 1.29 is 24.9 Å². The van der Waals surface area contributed by atoms with Crippen LogP contribution in [0.5, 0.6) is 0 Å². The molecule has 7 N–H and O–H groups in total. The van der Waals surface area contributed by atoms with Crippen LogP contribution in [0.4, 0.5) is 5.95 Å². The predicted molar refractivity (Wildman–Crippen MR) is 105 cm³/mol. The largest absolute Gasteiger partial charge is 0.394 e. The molecule has 12 nitrogen and oxygen atoms in total. The van der Waals surface area contributed by atoms with Crippen molar-refractivity contribution in [3.8, 4) is 0 Å². The van der Waals surface area contributed by atoms with Crippen LogP contribution in [0.3, 0.4) is 0 Å². The summed E-state index contributed by atoms with van der Waals surface area (Å²) in [5.41, 5.74) is 6.33. The fraction of sp³-hybridized carbons (Fsp3) is 0.625. The molecule has 1 aliphatic rings. The number of hydrogen-bond acceptors (Lipinski definition) is 11. The third-order valence-electron chi connectivity index (χ3n) is 4.52. The summed E-state index contributed by atoms with van der Waals surface area (Å²) in [6, 6.07) is -0.931. The molecule has 1 aliphatic heterocycles. The van der Waals surface area contributed by atoms with Crippen LogP contribution < -0.4 is 16.4 Å². The molecule has 160 valence electrons. The van der Waals surface area contributed by atoms with Gasteiger partial charge in [0.25, 0.3) is 0 Å². The Morgan fingerprint density at radius 1 is 1.41 bits per heavy atom. The average molecular weight is 427 g/mol. The van der Waals surface area contributed by atoms with E-state index in [2.05, 4.69) is 38.2 Å². The second-order valence-electron chi connectivity index (χ2n) is 6.69. The highest BCUT2D eigenvalue weighted by atomic mass is 32.1. The third kappa shape index (κ3) is 4.94. The van der Waals surface area contributed by atoms with E-state index in [-0.39, 0.29) is 6.61 Å². The van der Waals surface area contributed by atoms with Crippen molar-refractivity contribution in [2.75, 3.05) is 31.6 Å². The summed E-state index contributed by atoms with van der Waals surface area (Å²) >= 11 is 4.35. The number of aliphatic hydroxyl groups excluding tert-OH is 3. The molecular weight excluding hydrogens is 402 g/mol. The van der Waals surface area contributed by atoms with Gasteiger partial charge in [-0.2, -0.15) is 4.98 Å². The molecule has 13 heteroatoms. The van der Waals surface area contributed by atoms with Gasteiger partial charge in [-0.1, -0.05) is 0 Å². The summed E-state index contributed by atoms with van der Waals surface area (Å²) in [5.74, 6) is -0.100. The van der Waals surface area contributed by atoms with Crippen LogP contribution in [0.15, 0.2) is 11.4 Å². The number of nitrogens with one attached hydrogen (secondary N) is 2. The maximum absolute atomic E-state index is 11.5. The molecule has 3 heterocycles. The van der Waals surface area contributed by atoms with Gasteiger partial charge >= 0.3 is 0 Å². The number of rotatable bonds is 9. The van der Waals surface area contributed by atoms with Crippen molar-refractivity contribution in [1.29, 1.82) is 0 Å². The molecule has 2 aromatic heterocycles. The summed E-state index contributed by atoms with van der Waals surface area (Å²) in [4.78, 5) is 24.4. The van der Waals surface area contributed by atoms with E-state index in [0.717, 1.165) is 0 Å². The first-order valence-electron chi connectivity index (χ1n) is 9.20. The quantitative estimate of drug-likeness (QED) is 0.134. The molecular formula is C16H25N7O5S. The number of nitrogens with zero attached hydrogens (tertiary/aromatic N) is 4. The normalized spacial score (nSPS) is 22.7. The highest BCUT2D eigenvalue weighted by Gasteiger charge is 2.36. The van der Waals surface area contributed by atoms with Crippen LogP contribution in [-0.2, 0) is 9.53 Å². The number of nitrogens with two attached hydrogens (primary N) is 1. The number of amides is 1. The molecule has 0 spiro atoms. The minimum Gasteiger partial charge on any atom is -0.394 e. The van der Waals surface area contributed by atoms with Crippen LogP contribution in [0.1, 0.15) is 19.1 Å². The molecule has 0 saturated carbocycles. The first-order valence-corrected chi connectivity index (χ1v) is 9.65. The standard InChI is InChI=1S/C16H25N7O5S/c17-9(6-25)13(27)18-2-1-3-19-16-21-12-11(14(29)22-16)20-7-23(12)15-10(26)4-8(5-24)28-15/h7-10,15,24-26H,1-6,17H2,(H,18,27)(H2,19,21,22,29)/t8-,9?,10?,15+/m0/s1. The molecule has 0 bridgehead atoms. The van der Waals surface area contributed by atoms with Crippen molar-refractivity contribution in [1.82, 2.24) is 24.8 Å². The summed E-state index contributed by atoms with van der Waals surface area (Å²) in [7, 11) is 0. The highest BCUT2D eigenvalue weighted by Crippen LogP contribution is 2.31. The summed E-state index contributed by atoms with van der Waals surface area (Å²) in [5, 5.41) is 34.4. The van der Waals surface area contributed by atoms with Gasteiger partial charge in [-0.15, -0.1) is 12.6 Å². The lowest BCUT2D eigenvalue weighted by atomic mass is 10.2. The highest BCUT2D eigenvalue weighted by molar-refractivity contribution is 7.80. The minimum absolute atomic E-state index is 0.181. The van der Waals surface area contributed by atoms with Gasteiger partial charge in [-0.05, 0) is 6.42 Å². The Hall–Kier alpha value is -2.03. The maximum Gasteiger partial charge on any atom is 0.239 e. The lowest BCUT2D eigenvalue weighted by Gasteiger charge is -2.16. The van der Waals surface area contributed by atoms with Gasteiger partial charge in [0.05, 0.1) is 25.6 Å². The van der Waals surface area contributed by atoms with Crippen LogP contribution in [0, 0.1) is 0 Å². The molecule has 0 aliphatic carbocycles. The Bertz CT molecular complexity index is 850. The molecule has 0 aromatic carbocycles. The molecule has 1 saturated heterocycles. The smallest absolute Gasteiger partial charge is 0.239 e. The summed E-state index contributed by atoms with van der Waals surface area (Å²) in [6.45, 7) is 0.253. The maximum atomic E-state index is 11.5. The number of carbonyl (C=O) groups excluding carboxylic acids is 1. The van der Waals surface area contributed by atoms with Crippen LogP contribution in [-0.4, -0.2) is 85.3 Å². The van der Waals surface area contributed by atoms with E-state index in [9.17, 15) is 15.0 Å². The zero-order chi connectivity index (χ0) is 21.0. The number of imidazole rings is 1. The first kappa shape index (κ1) is 21.7. The summed E-state index contributed by atoms with van der Waals surface area (Å²) in [6.07, 6.45) is 0.436. The lowest BCUT2D eigenvalue weighted by molar-refractivity contribution is -0.123. The van der Waals surface area contributed by atoms with Gasteiger partial charge in [0, 0.05) is 19.5 Å². The van der Waals surface area contributed by atoms with Gasteiger partial charge in [-0.3, -0.25) is 9.36 Å². The number of carbonyl (C=O) groups is 1. The number of anilines is 1. The van der Waals surface area contributed by atoms with Crippen LogP contribution in [0.2, 0.25) is 0 Å². The number of ether oxygens (including phenoxy) is 1. The number of aliphatic hydroxyl groups is 3. The van der Waals surface area contributed by atoms with Gasteiger partial charge in [0.1, 0.15) is 22.7 Å². The molecule has 2 unspecified atom stereocenters. The number of hydrogen-bond donors (Lipinski definition) is 7. The van der Waals surface area contributed by atoms with Crippen molar-refractivity contribution in [2.45, 2.75) is 42.3 Å². The zero-order valence-electron chi connectivity index (χ0n) is 15.6. The SMILES string of the molecule is NC(CO)C(=O)NCCCNc1nc(S)c2ncn([C@@H]3O[C@H](CO)CC3O)c2n1. The molecule has 2 aromatic rings. The van der Waals surface area contributed by atoms with Crippen molar-refractivity contribution >= 4 is 35.6 Å². The lowest BCUT2D eigenvalue weighted by Crippen LogP contribution is -2.43. The number of thiol groups is 1. The predicted octanol–water partition coefficient (Wildman–Crippen LogP) is -2.01. The molecule has 0 radical (unpaired) electrons. The second kappa shape index (κ2) is 9.65. The van der Waals surface area contributed by atoms with Gasteiger partial charge in [0.2, 0.25) is 11.9 Å².